The minimum atomic E-state index is -4.95. The first kappa shape index (κ1) is 91.1. The Hall–Kier alpha value is -1.94. The Kier molecular flexibility index (Phi) is 64.6. The number of rotatable bonds is 73. The number of hydrogen-bond acceptors (Lipinski definition) is 15. The van der Waals surface area contributed by atoms with Crippen molar-refractivity contribution >= 4 is 39.5 Å². The van der Waals surface area contributed by atoms with E-state index in [0.29, 0.717) is 25.7 Å². The van der Waals surface area contributed by atoms with E-state index in [1.54, 1.807) is 0 Å². The number of aliphatic hydroxyl groups excluding tert-OH is 1. The maximum Gasteiger partial charge on any atom is 0.472 e. The molecule has 552 valence electrons. The lowest BCUT2D eigenvalue weighted by Crippen LogP contribution is -2.30. The number of ether oxygens (including phenoxy) is 4. The molecule has 0 aromatic heterocycles. The van der Waals surface area contributed by atoms with Crippen molar-refractivity contribution in [1.29, 1.82) is 0 Å². The summed E-state index contributed by atoms with van der Waals surface area (Å²) in [5, 5.41) is 10.6. The van der Waals surface area contributed by atoms with Crippen LogP contribution in [0.4, 0.5) is 0 Å². The molecule has 19 heteroatoms. The lowest BCUT2D eigenvalue weighted by Gasteiger charge is -2.21. The predicted octanol–water partition coefficient (Wildman–Crippen LogP) is 21.6. The lowest BCUT2D eigenvalue weighted by molar-refractivity contribution is -0.161. The molecular weight excluding hydrogens is 1220 g/mol. The van der Waals surface area contributed by atoms with Crippen molar-refractivity contribution in [2.45, 2.75) is 400 Å². The third kappa shape index (κ3) is 68.4. The van der Waals surface area contributed by atoms with Gasteiger partial charge in [0.15, 0.2) is 12.2 Å². The van der Waals surface area contributed by atoms with Gasteiger partial charge in [0, 0.05) is 25.7 Å². The second-order valence-electron chi connectivity index (χ2n) is 27.6. The number of carbonyl (C=O) groups excluding carboxylic acids is 4. The summed E-state index contributed by atoms with van der Waals surface area (Å²) in [6.45, 7) is 9.49. The molecule has 0 saturated carbocycles. The Morgan fingerprint density at radius 1 is 0.290 bits per heavy atom. The van der Waals surface area contributed by atoms with Crippen molar-refractivity contribution in [3.63, 3.8) is 0 Å². The molecule has 0 radical (unpaired) electrons. The fourth-order valence-electron chi connectivity index (χ4n) is 11.3. The van der Waals surface area contributed by atoms with Gasteiger partial charge in [-0.3, -0.25) is 37.3 Å². The first-order chi connectivity index (χ1) is 44.9. The summed E-state index contributed by atoms with van der Waals surface area (Å²) in [6.07, 6.45) is 53.2. The number of carbonyl (C=O) groups is 4. The summed E-state index contributed by atoms with van der Waals surface area (Å²) in [5.74, 6) is -0.591. The van der Waals surface area contributed by atoms with Crippen LogP contribution in [0.2, 0.25) is 0 Å². The zero-order valence-electron chi connectivity index (χ0n) is 60.6. The fourth-order valence-corrected chi connectivity index (χ4v) is 12.9. The Bertz CT molecular complexity index is 1800. The maximum atomic E-state index is 13.1. The number of esters is 4. The molecule has 0 spiro atoms. The van der Waals surface area contributed by atoms with Gasteiger partial charge in [-0.15, -0.1) is 0 Å². The van der Waals surface area contributed by atoms with Crippen LogP contribution in [0.15, 0.2) is 0 Å². The third-order valence-electron chi connectivity index (χ3n) is 17.2. The number of hydrogen-bond donors (Lipinski definition) is 3. The molecule has 0 saturated heterocycles. The Morgan fingerprint density at radius 3 is 0.731 bits per heavy atom. The molecule has 0 aliphatic carbocycles. The van der Waals surface area contributed by atoms with Crippen LogP contribution in [-0.2, 0) is 65.4 Å². The van der Waals surface area contributed by atoms with Gasteiger partial charge in [0.1, 0.15) is 19.3 Å². The standard InChI is InChI=1S/C74H144O17P2/c1-7-9-11-13-14-15-16-17-18-19-20-23-26-29-34-39-45-51-57-72(77)85-63-70(91-73(78)58-52-46-40-35-30-27-24-21-22-25-28-32-37-43-48-54-66(3)4)65-89-93(82,83)87-61-68(75)60-86-92(80,81)88-64-69(62-84-71(76)56-50-42-12-10-8-2)90-74(79)59-53-47-41-36-31-33-38-44-49-55-67(5)6/h66-70,75H,7-65H2,1-6H3,(H,80,81)(H,82,83)/t68-,69+,70+/m0/s1. The van der Waals surface area contributed by atoms with E-state index in [4.69, 9.17) is 37.0 Å². The minimum absolute atomic E-state index is 0.104. The highest BCUT2D eigenvalue weighted by Gasteiger charge is 2.30. The maximum absolute atomic E-state index is 13.1. The number of phosphoric acid groups is 2. The van der Waals surface area contributed by atoms with Crippen molar-refractivity contribution < 1.29 is 80.2 Å². The Labute approximate surface area is 568 Å². The van der Waals surface area contributed by atoms with Gasteiger partial charge in [-0.2, -0.15) is 0 Å². The van der Waals surface area contributed by atoms with Crippen molar-refractivity contribution in [2.24, 2.45) is 11.8 Å². The first-order valence-corrected chi connectivity index (χ1v) is 41.5. The van der Waals surface area contributed by atoms with Crippen molar-refractivity contribution in [1.82, 2.24) is 0 Å². The molecule has 0 amide bonds. The van der Waals surface area contributed by atoms with Crippen LogP contribution in [0.1, 0.15) is 382 Å². The number of phosphoric ester groups is 2. The van der Waals surface area contributed by atoms with Crippen LogP contribution in [0.3, 0.4) is 0 Å². The van der Waals surface area contributed by atoms with Crippen LogP contribution in [-0.4, -0.2) is 96.7 Å². The highest BCUT2D eigenvalue weighted by atomic mass is 31.2. The first-order valence-electron chi connectivity index (χ1n) is 38.5. The van der Waals surface area contributed by atoms with Gasteiger partial charge < -0.3 is 33.8 Å². The SMILES string of the molecule is CCCCCCCCCCCCCCCCCCCCC(=O)OC[C@H](COP(=O)(O)OC[C@@H](O)COP(=O)(O)OC[C@@H](COC(=O)CCCCCCC)OC(=O)CCCCCCCCCCCC(C)C)OC(=O)CCCCCCCCCCCCCCCCCC(C)C. The van der Waals surface area contributed by atoms with E-state index in [2.05, 4.69) is 41.5 Å². The molecule has 2 unspecified atom stereocenters. The van der Waals surface area contributed by atoms with E-state index in [1.807, 2.05) is 0 Å². The second kappa shape index (κ2) is 66.0. The number of aliphatic hydroxyl groups is 1. The highest BCUT2D eigenvalue weighted by molar-refractivity contribution is 7.47. The van der Waals surface area contributed by atoms with E-state index in [-0.39, 0.29) is 25.7 Å². The zero-order chi connectivity index (χ0) is 68.6. The summed E-state index contributed by atoms with van der Waals surface area (Å²) in [4.78, 5) is 72.4. The topological polar surface area (TPSA) is 237 Å². The van der Waals surface area contributed by atoms with Crippen LogP contribution in [0.5, 0.6) is 0 Å². The summed E-state index contributed by atoms with van der Waals surface area (Å²) in [7, 11) is -9.90. The summed E-state index contributed by atoms with van der Waals surface area (Å²) >= 11 is 0. The molecule has 0 aromatic carbocycles. The molecule has 0 aromatic rings. The van der Waals surface area contributed by atoms with E-state index < -0.39 is 97.5 Å². The van der Waals surface area contributed by atoms with Crippen molar-refractivity contribution in [3.05, 3.63) is 0 Å². The molecule has 93 heavy (non-hydrogen) atoms. The Balaban J connectivity index is 5.14. The highest BCUT2D eigenvalue weighted by Crippen LogP contribution is 2.45. The molecule has 0 aliphatic heterocycles. The van der Waals surface area contributed by atoms with Gasteiger partial charge in [0.25, 0.3) is 0 Å². The van der Waals surface area contributed by atoms with E-state index >= 15 is 0 Å². The zero-order valence-corrected chi connectivity index (χ0v) is 62.3. The van der Waals surface area contributed by atoms with E-state index in [0.717, 1.165) is 108 Å². The molecule has 0 heterocycles. The predicted molar refractivity (Wildman–Crippen MR) is 377 cm³/mol. The van der Waals surface area contributed by atoms with Gasteiger partial charge in [0.05, 0.1) is 26.4 Å². The van der Waals surface area contributed by atoms with Gasteiger partial charge >= 0.3 is 39.5 Å². The largest absolute Gasteiger partial charge is 0.472 e. The normalized spacial score (nSPS) is 14.1. The fraction of sp³-hybridized carbons (Fsp3) is 0.946. The lowest BCUT2D eigenvalue weighted by atomic mass is 10.0. The molecular formula is C74H144O17P2. The van der Waals surface area contributed by atoms with Gasteiger partial charge in [-0.25, -0.2) is 9.13 Å². The van der Waals surface area contributed by atoms with Gasteiger partial charge in [-0.1, -0.05) is 330 Å². The summed E-state index contributed by atoms with van der Waals surface area (Å²) in [6, 6.07) is 0. The number of unbranched alkanes of at least 4 members (excludes halogenated alkanes) is 43. The molecule has 17 nitrogen and oxygen atoms in total. The Morgan fingerprint density at radius 2 is 0.495 bits per heavy atom. The quantitative estimate of drug-likeness (QED) is 0.0222. The minimum Gasteiger partial charge on any atom is -0.462 e. The average molecular weight is 1370 g/mol. The van der Waals surface area contributed by atoms with Crippen LogP contribution in [0, 0.1) is 11.8 Å². The third-order valence-corrected chi connectivity index (χ3v) is 19.1. The monoisotopic (exact) mass is 1370 g/mol. The van der Waals surface area contributed by atoms with Crippen molar-refractivity contribution in [2.75, 3.05) is 39.6 Å². The van der Waals surface area contributed by atoms with Gasteiger partial charge in [-0.05, 0) is 37.5 Å². The van der Waals surface area contributed by atoms with E-state index in [1.165, 1.54) is 193 Å². The smallest absolute Gasteiger partial charge is 0.462 e. The molecule has 0 aliphatic rings. The molecule has 0 bridgehead atoms. The van der Waals surface area contributed by atoms with Crippen LogP contribution >= 0.6 is 15.6 Å². The molecule has 3 N–H and O–H groups in total. The molecule has 0 rings (SSSR count). The van der Waals surface area contributed by atoms with Crippen LogP contribution < -0.4 is 0 Å². The van der Waals surface area contributed by atoms with Gasteiger partial charge in [0.2, 0.25) is 0 Å². The summed E-state index contributed by atoms with van der Waals surface area (Å²) in [5.41, 5.74) is 0. The molecule has 5 atom stereocenters. The van der Waals surface area contributed by atoms with Crippen LogP contribution in [0.25, 0.3) is 0 Å². The second-order valence-corrected chi connectivity index (χ2v) is 30.5. The average Bonchev–Trinajstić information content (AvgIpc) is 1.85. The van der Waals surface area contributed by atoms with Crippen molar-refractivity contribution in [3.8, 4) is 0 Å². The molecule has 0 fully saturated rings. The van der Waals surface area contributed by atoms with E-state index in [9.17, 15) is 43.2 Å². The summed E-state index contributed by atoms with van der Waals surface area (Å²) < 4.78 is 68.2.